The Balaban J connectivity index is 1.71. The van der Waals surface area contributed by atoms with Crippen LogP contribution in [0.5, 0.6) is 0 Å². The number of fused-ring (bicyclic) bond motifs is 2. The lowest BCUT2D eigenvalue weighted by atomic mass is 9.65. The highest BCUT2D eigenvalue weighted by atomic mass is 16.2. The fourth-order valence-corrected chi connectivity index (χ4v) is 5.07. The molecule has 0 spiro atoms. The maximum atomic E-state index is 13.0. The second kappa shape index (κ2) is 5.67. The zero-order valence-corrected chi connectivity index (χ0v) is 13.1. The fourth-order valence-electron chi connectivity index (χ4n) is 5.07. The maximum absolute atomic E-state index is 13.0. The third kappa shape index (κ3) is 2.38. The molecule has 4 atom stereocenters. The SMILES string of the molecule is CCC1CCC(C)N1C(=O)C1CC2CCCC(C1)C2N. The van der Waals surface area contributed by atoms with Crippen LogP contribution in [0, 0.1) is 17.8 Å². The molecule has 0 aromatic heterocycles. The molecule has 3 nitrogen and oxygen atoms in total. The number of rotatable bonds is 2. The normalized spacial score (nSPS) is 44.6. The topological polar surface area (TPSA) is 46.3 Å². The van der Waals surface area contributed by atoms with Gasteiger partial charge in [0.05, 0.1) is 0 Å². The molecular formula is C17H30N2O. The molecule has 3 heteroatoms. The molecule has 2 aliphatic carbocycles. The van der Waals surface area contributed by atoms with Crippen molar-refractivity contribution in [3.8, 4) is 0 Å². The van der Waals surface area contributed by atoms with E-state index >= 15 is 0 Å². The summed E-state index contributed by atoms with van der Waals surface area (Å²) < 4.78 is 0. The summed E-state index contributed by atoms with van der Waals surface area (Å²) in [5, 5.41) is 0. The van der Waals surface area contributed by atoms with Gasteiger partial charge in [0.2, 0.25) is 5.91 Å². The van der Waals surface area contributed by atoms with Crippen LogP contribution in [-0.4, -0.2) is 28.9 Å². The molecule has 3 fully saturated rings. The lowest BCUT2D eigenvalue weighted by molar-refractivity contribution is -0.141. The van der Waals surface area contributed by atoms with Gasteiger partial charge in [0, 0.05) is 24.0 Å². The molecule has 20 heavy (non-hydrogen) atoms. The third-order valence-electron chi connectivity index (χ3n) is 6.27. The Morgan fingerprint density at radius 3 is 2.40 bits per heavy atom. The summed E-state index contributed by atoms with van der Waals surface area (Å²) in [6.45, 7) is 4.44. The first-order chi connectivity index (χ1) is 9.61. The van der Waals surface area contributed by atoms with Crippen LogP contribution in [0.4, 0.5) is 0 Å². The Morgan fingerprint density at radius 1 is 1.15 bits per heavy atom. The number of likely N-dealkylation sites (tertiary alicyclic amines) is 1. The van der Waals surface area contributed by atoms with Gasteiger partial charge in [-0.15, -0.1) is 0 Å². The molecule has 0 aromatic carbocycles. The summed E-state index contributed by atoms with van der Waals surface area (Å²) >= 11 is 0. The standard InChI is InChI=1S/C17H30N2O/c1-3-15-8-7-11(2)19(15)17(20)14-9-12-5-4-6-13(10-14)16(12)18/h11-16H,3-10,18H2,1-2H3. The largest absolute Gasteiger partial charge is 0.337 e. The van der Waals surface area contributed by atoms with Crippen LogP contribution in [-0.2, 0) is 4.79 Å². The number of carbonyl (C=O) groups is 1. The van der Waals surface area contributed by atoms with Gasteiger partial charge >= 0.3 is 0 Å². The summed E-state index contributed by atoms with van der Waals surface area (Å²) in [7, 11) is 0. The highest BCUT2D eigenvalue weighted by molar-refractivity contribution is 5.80. The van der Waals surface area contributed by atoms with E-state index in [1.807, 2.05) is 0 Å². The average Bonchev–Trinajstić information content (AvgIpc) is 2.78. The molecule has 2 N–H and O–H groups in total. The van der Waals surface area contributed by atoms with Crippen molar-refractivity contribution in [3.05, 3.63) is 0 Å². The van der Waals surface area contributed by atoms with Crippen molar-refractivity contribution in [2.24, 2.45) is 23.5 Å². The third-order valence-corrected chi connectivity index (χ3v) is 6.27. The highest BCUT2D eigenvalue weighted by Gasteiger charge is 2.44. The first-order valence-electron chi connectivity index (χ1n) is 8.69. The summed E-state index contributed by atoms with van der Waals surface area (Å²) in [6, 6.07) is 1.31. The zero-order chi connectivity index (χ0) is 14.3. The molecule has 1 heterocycles. The monoisotopic (exact) mass is 278 g/mol. The van der Waals surface area contributed by atoms with E-state index in [1.54, 1.807) is 0 Å². The van der Waals surface area contributed by atoms with Gasteiger partial charge in [0.25, 0.3) is 0 Å². The van der Waals surface area contributed by atoms with Crippen molar-refractivity contribution in [3.63, 3.8) is 0 Å². The van der Waals surface area contributed by atoms with Gasteiger partial charge in [0.1, 0.15) is 0 Å². The number of nitrogens with two attached hydrogens (primary N) is 1. The Hall–Kier alpha value is -0.570. The van der Waals surface area contributed by atoms with Crippen LogP contribution in [0.15, 0.2) is 0 Å². The predicted octanol–water partition coefficient (Wildman–Crippen LogP) is 2.93. The summed E-state index contributed by atoms with van der Waals surface area (Å²) in [6.07, 6.45) is 9.40. The van der Waals surface area contributed by atoms with Crippen LogP contribution in [0.1, 0.15) is 65.2 Å². The molecule has 3 aliphatic rings. The smallest absolute Gasteiger partial charge is 0.226 e. The van der Waals surface area contributed by atoms with E-state index in [9.17, 15) is 4.79 Å². The Labute approximate surface area is 123 Å². The van der Waals surface area contributed by atoms with Gasteiger partial charge in [0.15, 0.2) is 0 Å². The minimum atomic E-state index is 0.264. The Bertz CT molecular complexity index is 356. The van der Waals surface area contributed by atoms with Crippen molar-refractivity contribution in [2.75, 3.05) is 0 Å². The van der Waals surface area contributed by atoms with E-state index in [0.717, 1.165) is 19.3 Å². The highest BCUT2D eigenvalue weighted by Crippen LogP contribution is 2.43. The van der Waals surface area contributed by atoms with E-state index in [2.05, 4.69) is 18.7 Å². The van der Waals surface area contributed by atoms with Crippen LogP contribution in [0.25, 0.3) is 0 Å². The van der Waals surface area contributed by atoms with Crippen molar-refractivity contribution in [1.82, 2.24) is 4.90 Å². The number of amides is 1. The molecule has 2 saturated carbocycles. The summed E-state index contributed by atoms with van der Waals surface area (Å²) in [5.41, 5.74) is 6.36. The minimum absolute atomic E-state index is 0.264. The van der Waals surface area contributed by atoms with E-state index in [4.69, 9.17) is 5.73 Å². The molecule has 1 saturated heterocycles. The second-order valence-corrected chi connectivity index (χ2v) is 7.43. The lowest BCUT2D eigenvalue weighted by Gasteiger charge is -2.45. The Kier molecular flexibility index (Phi) is 4.07. The minimum Gasteiger partial charge on any atom is -0.337 e. The molecule has 3 rings (SSSR count). The molecule has 4 unspecified atom stereocenters. The zero-order valence-electron chi connectivity index (χ0n) is 13.1. The molecule has 2 bridgehead atoms. The van der Waals surface area contributed by atoms with E-state index in [0.29, 0.717) is 35.9 Å². The van der Waals surface area contributed by atoms with Gasteiger partial charge in [-0.3, -0.25) is 4.79 Å². The predicted molar refractivity (Wildman–Crippen MR) is 81.2 cm³/mol. The van der Waals surface area contributed by atoms with Crippen LogP contribution < -0.4 is 5.73 Å². The van der Waals surface area contributed by atoms with Crippen molar-refractivity contribution in [2.45, 2.75) is 83.3 Å². The van der Waals surface area contributed by atoms with Gasteiger partial charge in [-0.1, -0.05) is 13.3 Å². The summed E-state index contributed by atoms with van der Waals surface area (Å²) in [5.74, 6) is 1.93. The molecule has 114 valence electrons. The van der Waals surface area contributed by atoms with Crippen LogP contribution in [0.2, 0.25) is 0 Å². The molecule has 1 amide bonds. The van der Waals surface area contributed by atoms with Crippen LogP contribution in [0.3, 0.4) is 0 Å². The van der Waals surface area contributed by atoms with Crippen molar-refractivity contribution in [1.29, 1.82) is 0 Å². The van der Waals surface area contributed by atoms with E-state index in [-0.39, 0.29) is 5.92 Å². The molecule has 0 radical (unpaired) electrons. The molecular weight excluding hydrogens is 248 g/mol. The maximum Gasteiger partial charge on any atom is 0.226 e. The number of hydrogen-bond donors (Lipinski definition) is 1. The van der Waals surface area contributed by atoms with Crippen molar-refractivity contribution >= 4 is 5.91 Å². The van der Waals surface area contributed by atoms with Gasteiger partial charge in [-0.2, -0.15) is 0 Å². The first-order valence-corrected chi connectivity index (χ1v) is 8.69. The van der Waals surface area contributed by atoms with Gasteiger partial charge in [-0.05, 0) is 63.7 Å². The molecule has 0 aromatic rings. The Morgan fingerprint density at radius 2 is 1.80 bits per heavy atom. The van der Waals surface area contributed by atoms with E-state index in [1.165, 1.54) is 32.1 Å². The summed E-state index contributed by atoms with van der Waals surface area (Å²) in [4.78, 5) is 15.2. The first kappa shape index (κ1) is 14.4. The number of carbonyl (C=O) groups excluding carboxylic acids is 1. The fraction of sp³-hybridized carbons (Fsp3) is 0.941. The lowest BCUT2D eigenvalue weighted by Crippen LogP contribution is -2.51. The van der Waals surface area contributed by atoms with Crippen LogP contribution >= 0.6 is 0 Å². The number of hydrogen-bond acceptors (Lipinski definition) is 2. The van der Waals surface area contributed by atoms with Gasteiger partial charge in [-0.25, -0.2) is 0 Å². The quantitative estimate of drug-likeness (QED) is 0.844. The van der Waals surface area contributed by atoms with Crippen molar-refractivity contribution < 1.29 is 4.79 Å². The average molecular weight is 278 g/mol. The number of nitrogens with zero attached hydrogens (tertiary/aromatic N) is 1. The van der Waals surface area contributed by atoms with Gasteiger partial charge < -0.3 is 10.6 Å². The van der Waals surface area contributed by atoms with E-state index < -0.39 is 0 Å². The second-order valence-electron chi connectivity index (χ2n) is 7.43. The molecule has 1 aliphatic heterocycles.